The van der Waals surface area contributed by atoms with E-state index in [1.165, 1.54) is 7.11 Å². The summed E-state index contributed by atoms with van der Waals surface area (Å²) in [6.07, 6.45) is -0.425. The van der Waals surface area contributed by atoms with Crippen molar-refractivity contribution in [2.75, 3.05) is 13.7 Å². The first-order valence-electron chi connectivity index (χ1n) is 5.25. The Labute approximate surface area is 105 Å². The van der Waals surface area contributed by atoms with Crippen LogP contribution in [0.25, 0.3) is 0 Å². The fraction of sp³-hybridized carbons (Fsp3) is 0.417. The van der Waals surface area contributed by atoms with E-state index in [1.54, 1.807) is 18.3 Å². The molecule has 1 unspecified atom stereocenters. The van der Waals surface area contributed by atoms with Crippen LogP contribution >= 0.6 is 11.3 Å². The molecular weight excluding hydrogens is 236 g/mol. The van der Waals surface area contributed by atoms with Crippen LogP contribution in [-0.2, 0) is 16.1 Å². The van der Waals surface area contributed by atoms with Gasteiger partial charge in [0, 0.05) is 12.0 Å². The van der Waals surface area contributed by atoms with Crippen LogP contribution in [0.3, 0.4) is 0 Å². The lowest BCUT2D eigenvalue weighted by molar-refractivity contribution is -0.130. The van der Waals surface area contributed by atoms with Crippen molar-refractivity contribution in [2.24, 2.45) is 5.73 Å². The molecule has 1 heterocycles. The highest BCUT2D eigenvalue weighted by atomic mass is 32.1. The highest BCUT2D eigenvalue weighted by Gasteiger charge is 2.10. The molecule has 0 aliphatic carbocycles. The van der Waals surface area contributed by atoms with Crippen molar-refractivity contribution in [3.63, 3.8) is 0 Å². The fourth-order valence-electron chi connectivity index (χ4n) is 1.10. The van der Waals surface area contributed by atoms with Gasteiger partial charge in [-0.25, -0.2) is 0 Å². The second kappa shape index (κ2) is 7.07. The summed E-state index contributed by atoms with van der Waals surface area (Å²) in [5, 5.41) is 2.79. The highest BCUT2D eigenvalue weighted by Crippen LogP contribution is 2.14. The third kappa shape index (κ3) is 4.57. The van der Waals surface area contributed by atoms with Crippen LogP contribution in [0.5, 0.6) is 0 Å². The molecule has 0 aliphatic rings. The van der Waals surface area contributed by atoms with Crippen molar-refractivity contribution in [2.45, 2.75) is 19.6 Å². The van der Waals surface area contributed by atoms with Gasteiger partial charge in [0.25, 0.3) is 0 Å². The molecule has 4 nitrogen and oxygen atoms in total. The summed E-state index contributed by atoms with van der Waals surface area (Å²) >= 11 is 1.55. The van der Waals surface area contributed by atoms with Crippen LogP contribution in [0, 0.1) is 11.8 Å². The molecule has 1 amide bonds. The van der Waals surface area contributed by atoms with Gasteiger partial charge in [-0.2, -0.15) is 0 Å². The second-order valence-corrected chi connectivity index (χ2v) is 4.54. The van der Waals surface area contributed by atoms with Crippen molar-refractivity contribution in [1.82, 2.24) is 5.32 Å². The molecule has 0 spiro atoms. The number of amides is 1. The topological polar surface area (TPSA) is 64.3 Å². The summed E-state index contributed by atoms with van der Waals surface area (Å²) in [6.45, 7) is 2.57. The Kier molecular flexibility index (Phi) is 5.70. The molecule has 0 aliphatic heterocycles. The Bertz CT molecular complexity index is 431. The van der Waals surface area contributed by atoms with Crippen LogP contribution in [0.4, 0.5) is 0 Å². The van der Waals surface area contributed by atoms with E-state index >= 15 is 0 Å². The number of carbonyl (C=O) groups is 1. The minimum absolute atomic E-state index is 0.115. The summed E-state index contributed by atoms with van der Waals surface area (Å²) in [7, 11) is 1.51. The van der Waals surface area contributed by atoms with E-state index in [0.29, 0.717) is 13.1 Å². The first-order chi connectivity index (χ1) is 8.17. The molecular formula is C12H16N2O2S. The maximum Gasteiger partial charge on any atom is 0.249 e. The molecule has 1 aromatic heterocycles. The number of ether oxygens (including phenoxy) is 1. The van der Waals surface area contributed by atoms with E-state index in [0.717, 1.165) is 9.75 Å². The van der Waals surface area contributed by atoms with Gasteiger partial charge >= 0.3 is 0 Å². The molecule has 0 bridgehead atoms. The van der Waals surface area contributed by atoms with Crippen molar-refractivity contribution < 1.29 is 9.53 Å². The summed E-state index contributed by atoms with van der Waals surface area (Å²) in [4.78, 5) is 13.5. The second-order valence-electron chi connectivity index (χ2n) is 3.37. The molecule has 0 saturated carbocycles. The molecule has 0 radical (unpaired) electrons. The van der Waals surface area contributed by atoms with E-state index in [2.05, 4.69) is 17.2 Å². The van der Waals surface area contributed by atoms with Crippen LogP contribution in [-0.4, -0.2) is 25.7 Å². The molecule has 17 heavy (non-hydrogen) atoms. The normalized spacial score (nSPS) is 11.5. The van der Waals surface area contributed by atoms with Crippen molar-refractivity contribution >= 4 is 17.2 Å². The third-order valence-corrected chi connectivity index (χ3v) is 3.14. The highest BCUT2D eigenvalue weighted by molar-refractivity contribution is 7.12. The minimum Gasteiger partial charge on any atom is -0.372 e. The first-order valence-corrected chi connectivity index (χ1v) is 6.07. The molecule has 3 N–H and O–H groups in total. The Morgan fingerprint density at radius 2 is 2.41 bits per heavy atom. The van der Waals surface area contributed by atoms with Crippen LogP contribution in [0.15, 0.2) is 12.1 Å². The van der Waals surface area contributed by atoms with Gasteiger partial charge in [-0.3, -0.25) is 4.79 Å². The van der Waals surface area contributed by atoms with Gasteiger partial charge in [0.05, 0.1) is 18.0 Å². The largest absolute Gasteiger partial charge is 0.372 e. The molecule has 1 aromatic rings. The summed E-state index contributed by atoms with van der Waals surface area (Å²) in [5.41, 5.74) is 5.29. The van der Waals surface area contributed by atoms with Crippen molar-refractivity contribution in [1.29, 1.82) is 0 Å². The number of methoxy groups -OCH3 is 1. The van der Waals surface area contributed by atoms with Crippen molar-refractivity contribution in [3.8, 4) is 11.8 Å². The Morgan fingerprint density at radius 3 is 3.06 bits per heavy atom. The van der Waals surface area contributed by atoms with Crippen LogP contribution < -0.4 is 11.1 Å². The van der Waals surface area contributed by atoms with Crippen LogP contribution in [0.1, 0.15) is 16.7 Å². The lowest BCUT2D eigenvalue weighted by atomic mass is 10.3. The summed E-state index contributed by atoms with van der Waals surface area (Å²) in [6, 6.07) is 3.87. The van der Waals surface area contributed by atoms with Gasteiger partial charge in [-0.1, -0.05) is 11.8 Å². The fourth-order valence-corrected chi connectivity index (χ4v) is 1.93. The predicted molar refractivity (Wildman–Crippen MR) is 68.6 cm³/mol. The predicted octanol–water partition coefficient (Wildman–Crippen LogP) is 0.709. The number of hydrogen-bond donors (Lipinski definition) is 2. The van der Waals surface area contributed by atoms with Gasteiger partial charge < -0.3 is 15.8 Å². The number of nitrogens with two attached hydrogens (primary N) is 1. The summed E-state index contributed by atoms with van der Waals surface area (Å²) in [5.74, 6) is 5.63. The molecule has 1 rings (SSSR count). The lowest BCUT2D eigenvalue weighted by Gasteiger charge is -2.08. The van der Waals surface area contributed by atoms with Gasteiger partial charge in [-0.05, 0) is 19.1 Å². The third-order valence-electron chi connectivity index (χ3n) is 2.13. The maximum atomic E-state index is 11.5. The SMILES string of the molecule is COC(C)C(=O)NCc1ccc(C#CCN)s1. The number of hydrogen-bond acceptors (Lipinski definition) is 4. The van der Waals surface area contributed by atoms with Gasteiger partial charge in [0.1, 0.15) is 6.10 Å². The Balaban J connectivity index is 2.47. The number of carbonyl (C=O) groups excluding carboxylic acids is 1. The zero-order valence-corrected chi connectivity index (χ0v) is 10.8. The van der Waals surface area contributed by atoms with Gasteiger partial charge in [0.15, 0.2) is 0 Å². The monoisotopic (exact) mass is 252 g/mol. The molecule has 92 valence electrons. The Morgan fingerprint density at radius 1 is 1.65 bits per heavy atom. The van der Waals surface area contributed by atoms with E-state index in [4.69, 9.17) is 10.5 Å². The van der Waals surface area contributed by atoms with E-state index in [9.17, 15) is 4.79 Å². The quantitative estimate of drug-likeness (QED) is 0.776. The van der Waals surface area contributed by atoms with Crippen LogP contribution in [0.2, 0.25) is 0 Å². The van der Waals surface area contributed by atoms with Crippen molar-refractivity contribution in [3.05, 3.63) is 21.9 Å². The number of thiophene rings is 1. The molecule has 0 fully saturated rings. The number of nitrogens with one attached hydrogen (secondary N) is 1. The number of rotatable bonds is 4. The lowest BCUT2D eigenvalue weighted by Crippen LogP contribution is -2.33. The summed E-state index contributed by atoms with van der Waals surface area (Å²) < 4.78 is 4.91. The molecule has 0 saturated heterocycles. The van der Waals surface area contributed by atoms with E-state index in [-0.39, 0.29) is 5.91 Å². The maximum absolute atomic E-state index is 11.5. The average molecular weight is 252 g/mol. The zero-order chi connectivity index (χ0) is 12.7. The molecule has 0 aromatic carbocycles. The standard InChI is InChI=1S/C12H16N2O2S/c1-9(16-2)12(15)14-8-11-6-5-10(17-11)4-3-7-13/h5-6,9H,7-8,13H2,1-2H3,(H,14,15). The van der Waals surface area contributed by atoms with E-state index < -0.39 is 6.10 Å². The first kappa shape index (κ1) is 13.7. The smallest absolute Gasteiger partial charge is 0.249 e. The minimum atomic E-state index is -0.425. The average Bonchev–Trinajstić information content (AvgIpc) is 2.80. The van der Waals surface area contributed by atoms with E-state index in [1.807, 2.05) is 12.1 Å². The zero-order valence-electron chi connectivity index (χ0n) is 9.95. The van der Waals surface area contributed by atoms with Gasteiger partial charge in [-0.15, -0.1) is 11.3 Å². The van der Waals surface area contributed by atoms with Gasteiger partial charge in [0.2, 0.25) is 5.91 Å². The Hall–Kier alpha value is -1.35. The molecule has 5 heteroatoms. The molecule has 1 atom stereocenters.